The molecule has 3 heteroatoms. The SMILES string of the molecule is CC1(C)CN=C(Cc2ccc(F)cc2)NC1. The standard InChI is InChI=1S/C13H17FN2/c1-13(2)8-15-12(16-9-13)7-10-3-5-11(14)6-4-10/h3-6H,7-9H2,1-2H3,(H,15,16). The van der Waals surface area contributed by atoms with Crippen LogP contribution in [0.25, 0.3) is 0 Å². The average molecular weight is 220 g/mol. The van der Waals surface area contributed by atoms with Gasteiger partial charge in [0.15, 0.2) is 0 Å². The van der Waals surface area contributed by atoms with Gasteiger partial charge in [-0.05, 0) is 17.7 Å². The molecule has 1 aromatic carbocycles. The van der Waals surface area contributed by atoms with Crippen molar-refractivity contribution in [2.45, 2.75) is 20.3 Å². The molecule has 0 radical (unpaired) electrons. The highest BCUT2D eigenvalue weighted by Gasteiger charge is 2.21. The number of nitrogens with one attached hydrogen (secondary N) is 1. The highest BCUT2D eigenvalue weighted by molar-refractivity contribution is 5.85. The van der Waals surface area contributed by atoms with Crippen LogP contribution in [0.15, 0.2) is 29.3 Å². The summed E-state index contributed by atoms with van der Waals surface area (Å²) in [5.41, 5.74) is 1.33. The number of hydrogen-bond acceptors (Lipinski definition) is 2. The molecule has 0 fully saturated rings. The first kappa shape index (κ1) is 11.1. The largest absolute Gasteiger partial charge is 0.373 e. The number of rotatable bonds is 2. The van der Waals surface area contributed by atoms with Crippen LogP contribution in [0.3, 0.4) is 0 Å². The molecule has 0 aromatic heterocycles. The molecule has 0 unspecified atom stereocenters. The molecule has 0 saturated carbocycles. The normalized spacial score (nSPS) is 18.8. The van der Waals surface area contributed by atoms with E-state index in [0.717, 1.165) is 30.9 Å². The van der Waals surface area contributed by atoms with Crippen LogP contribution >= 0.6 is 0 Å². The van der Waals surface area contributed by atoms with Crippen molar-refractivity contribution in [3.63, 3.8) is 0 Å². The van der Waals surface area contributed by atoms with Crippen LogP contribution < -0.4 is 5.32 Å². The quantitative estimate of drug-likeness (QED) is 0.813. The molecule has 0 aliphatic carbocycles. The van der Waals surface area contributed by atoms with Gasteiger partial charge in [-0.2, -0.15) is 0 Å². The van der Waals surface area contributed by atoms with Gasteiger partial charge in [-0.3, -0.25) is 4.99 Å². The summed E-state index contributed by atoms with van der Waals surface area (Å²) in [4.78, 5) is 4.51. The third-order valence-electron chi connectivity index (χ3n) is 2.75. The second kappa shape index (κ2) is 4.24. The van der Waals surface area contributed by atoms with Gasteiger partial charge in [-0.15, -0.1) is 0 Å². The predicted molar refractivity (Wildman–Crippen MR) is 64.2 cm³/mol. The Kier molecular flexibility index (Phi) is 2.95. The monoisotopic (exact) mass is 220 g/mol. The average Bonchev–Trinajstić information content (AvgIpc) is 2.24. The van der Waals surface area contributed by atoms with Crippen molar-refractivity contribution in [3.05, 3.63) is 35.6 Å². The molecular weight excluding hydrogens is 203 g/mol. The van der Waals surface area contributed by atoms with E-state index < -0.39 is 0 Å². The number of halogens is 1. The zero-order chi connectivity index (χ0) is 11.6. The van der Waals surface area contributed by atoms with Crippen LogP contribution in [0.4, 0.5) is 4.39 Å². The maximum absolute atomic E-state index is 12.7. The Labute approximate surface area is 95.6 Å². The van der Waals surface area contributed by atoms with Crippen LogP contribution in [-0.2, 0) is 6.42 Å². The van der Waals surface area contributed by atoms with Crippen molar-refractivity contribution in [3.8, 4) is 0 Å². The molecule has 1 aromatic rings. The molecule has 0 spiro atoms. The number of amidine groups is 1. The summed E-state index contributed by atoms with van der Waals surface area (Å²) >= 11 is 0. The predicted octanol–water partition coefficient (Wildman–Crippen LogP) is 2.40. The topological polar surface area (TPSA) is 24.4 Å². The molecule has 0 bridgehead atoms. The zero-order valence-electron chi connectivity index (χ0n) is 9.76. The van der Waals surface area contributed by atoms with Crippen LogP contribution in [-0.4, -0.2) is 18.9 Å². The van der Waals surface area contributed by atoms with Crippen molar-refractivity contribution in [1.29, 1.82) is 0 Å². The van der Waals surface area contributed by atoms with E-state index in [1.54, 1.807) is 12.1 Å². The van der Waals surface area contributed by atoms with Gasteiger partial charge in [0.25, 0.3) is 0 Å². The van der Waals surface area contributed by atoms with Gasteiger partial charge in [0, 0.05) is 24.9 Å². The van der Waals surface area contributed by atoms with Gasteiger partial charge >= 0.3 is 0 Å². The number of aliphatic imine (C=N–C) groups is 1. The highest BCUT2D eigenvalue weighted by Crippen LogP contribution is 2.17. The Bertz CT molecular complexity index is 393. The fraction of sp³-hybridized carbons (Fsp3) is 0.462. The Balaban J connectivity index is 2.01. The van der Waals surface area contributed by atoms with Crippen LogP contribution in [0.2, 0.25) is 0 Å². The molecule has 0 saturated heterocycles. The van der Waals surface area contributed by atoms with Crippen molar-refractivity contribution >= 4 is 5.84 Å². The summed E-state index contributed by atoms with van der Waals surface area (Å²) in [5, 5.41) is 3.33. The van der Waals surface area contributed by atoms with Gasteiger partial charge in [0.05, 0.1) is 0 Å². The van der Waals surface area contributed by atoms with E-state index in [2.05, 4.69) is 24.2 Å². The zero-order valence-corrected chi connectivity index (χ0v) is 9.76. The molecule has 0 atom stereocenters. The third-order valence-corrected chi connectivity index (χ3v) is 2.75. The van der Waals surface area contributed by atoms with Crippen molar-refractivity contribution < 1.29 is 4.39 Å². The van der Waals surface area contributed by atoms with Gasteiger partial charge in [0.1, 0.15) is 11.7 Å². The minimum Gasteiger partial charge on any atom is -0.373 e. The van der Waals surface area contributed by atoms with E-state index in [1.165, 1.54) is 12.1 Å². The molecule has 16 heavy (non-hydrogen) atoms. The Morgan fingerprint density at radius 1 is 1.31 bits per heavy atom. The van der Waals surface area contributed by atoms with E-state index in [1.807, 2.05) is 0 Å². The van der Waals surface area contributed by atoms with Gasteiger partial charge in [0.2, 0.25) is 0 Å². The first-order valence-corrected chi connectivity index (χ1v) is 5.57. The minimum atomic E-state index is -0.191. The molecule has 1 N–H and O–H groups in total. The minimum absolute atomic E-state index is 0.191. The molecule has 1 heterocycles. The van der Waals surface area contributed by atoms with E-state index in [4.69, 9.17) is 0 Å². The summed E-state index contributed by atoms with van der Waals surface area (Å²) in [6.07, 6.45) is 0.760. The van der Waals surface area contributed by atoms with E-state index in [0.29, 0.717) is 0 Å². The van der Waals surface area contributed by atoms with E-state index in [9.17, 15) is 4.39 Å². The first-order valence-electron chi connectivity index (χ1n) is 5.57. The smallest absolute Gasteiger partial charge is 0.123 e. The lowest BCUT2D eigenvalue weighted by Crippen LogP contribution is -2.41. The van der Waals surface area contributed by atoms with Crippen molar-refractivity contribution in [2.24, 2.45) is 10.4 Å². The van der Waals surface area contributed by atoms with Crippen molar-refractivity contribution in [2.75, 3.05) is 13.1 Å². The summed E-state index contributed by atoms with van der Waals surface area (Å²) in [5.74, 6) is 0.814. The van der Waals surface area contributed by atoms with Crippen LogP contribution in [0, 0.1) is 11.2 Å². The van der Waals surface area contributed by atoms with Crippen LogP contribution in [0.1, 0.15) is 19.4 Å². The molecule has 86 valence electrons. The van der Waals surface area contributed by atoms with Crippen LogP contribution in [0.5, 0.6) is 0 Å². The lowest BCUT2D eigenvalue weighted by molar-refractivity contribution is 0.360. The maximum Gasteiger partial charge on any atom is 0.123 e. The van der Waals surface area contributed by atoms with Gasteiger partial charge in [-0.1, -0.05) is 26.0 Å². The summed E-state index contributed by atoms with van der Waals surface area (Å²) in [6.45, 7) is 6.19. The van der Waals surface area contributed by atoms with E-state index in [-0.39, 0.29) is 11.2 Å². The lowest BCUT2D eigenvalue weighted by atomic mass is 9.92. The number of hydrogen-bond donors (Lipinski definition) is 1. The molecule has 2 nitrogen and oxygen atoms in total. The Morgan fingerprint density at radius 3 is 2.56 bits per heavy atom. The molecule has 0 amide bonds. The maximum atomic E-state index is 12.7. The number of benzene rings is 1. The molecule has 1 aliphatic rings. The molecular formula is C13H17FN2. The molecule has 2 rings (SSSR count). The Hall–Kier alpha value is -1.38. The fourth-order valence-electron chi connectivity index (χ4n) is 1.68. The van der Waals surface area contributed by atoms with Gasteiger partial charge < -0.3 is 5.32 Å². The first-order chi connectivity index (χ1) is 7.55. The fourth-order valence-corrected chi connectivity index (χ4v) is 1.68. The second-order valence-corrected chi connectivity index (χ2v) is 5.08. The molecule has 1 aliphatic heterocycles. The summed E-state index contributed by atoms with van der Waals surface area (Å²) < 4.78 is 12.7. The highest BCUT2D eigenvalue weighted by atomic mass is 19.1. The summed E-state index contributed by atoms with van der Waals surface area (Å²) in [7, 11) is 0. The van der Waals surface area contributed by atoms with E-state index >= 15 is 0 Å². The van der Waals surface area contributed by atoms with Gasteiger partial charge in [-0.25, -0.2) is 4.39 Å². The lowest BCUT2D eigenvalue weighted by Gasteiger charge is -2.29. The second-order valence-electron chi connectivity index (χ2n) is 5.08. The number of nitrogens with zero attached hydrogens (tertiary/aromatic N) is 1. The van der Waals surface area contributed by atoms with Crippen molar-refractivity contribution in [1.82, 2.24) is 5.32 Å². The Morgan fingerprint density at radius 2 is 2.00 bits per heavy atom. The summed E-state index contributed by atoms with van der Waals surface area (Å²) in [6, 6.07) is 6.59. The third kappa shape index (κ3) is 2.81.